The maximum Gasteiger partial charge on any atom is 0.242 e. The van der Waals surface area contributed by atoms with Gasteiger partial charge in [0, 0.05) is 16.7 Å². The van der Waals surface area contributed by atoms with Gasteiger partial charge in [0.1, 0.15) is 5.82 Å². The van der Waals surface area contributed by atoms with E-state index in [9.17, 15) is 9.18 Å². The Hall–Kier alpha value is -0.780. The molecule has 16 heavy (non-hydrogen) atoms. The van der Waals surface area contributed by atoms with E-state index in [1.54, 1.807) is 11.8 Å². The van der Waals surface area contributed by atoms with Crippen LogP contribution in [0.25, 0.3) is 0 Å². The third-order valence-electron chi connectivity index (χ3n) is 2.22. The third kappa shape index (κ3) is 2.66. The van der Waals surface area contributed by atoms with Gasteiger partial charge in [0.25, 0.3) is 0 Å². The molecule has 1 heterocycles. The molecule has 0 spiro atoms. The van der Waals surface area contributed by atoms with Gasteiger partial charge in [-0.05, 0) is 18.2 Å². The summed E-state index contributed by atoms with van der Waals surface area (Å²) in [4.78, 5) is 11.7. The largest absolute Gasteiger partial charge is 0.322 e. The van der Waals surface area contributed by atoms with Crippen molar-refractivity contribution in [2.75, 3.05) is 16.9 Å². The number of nitrogens with one attached hydrogen (secondary N) is 2. The fraction of sp³-hybridized carbons (Fsp3) is 0.300. The quantitative estimate of drug-likeness (QED) is 0.856. The van der Waals surface area contributed by atoms with Gasteiger partial charge in [-0.3, -0.25) is 10.1 Å². The number of hydrogen-bond acceptors (Lipinski definition) is 3. The van der Waals surface area contributed by atoms with Gasteiger partial charge < -0.3 is 5.32 Å². The lowest BCUT2D eigenvalue weighted by atomic mass is 10.2. The molecule has 0 saturated carbocycles. The first kappa shape index (κ1) is 11.7. The second-order valence-electron chi connectivity index (χ2n) is 3.39. The molecule has 2 N–H and O–H groups in total. The van der Waals surface area contributed by atoms with Gasteiger partial charge in [-0.25, -0.2) is 4.39 Å². The van der Waals surface area contributed by atoms with Crippen LogP contribution in [0.1, 0.15) is 0 Å². The molecule has 1 aliphatic heterocycles. The zero-order valence-corrected chi connectivity index (χ0v) is 9.87. The summed E-state index contributed by atoms with van der Waals surface area (Å²) in [5.74, 6) is 0.735. The second-order valence-corrected chi connectivity index (χ2v) is 4.85. The van der Waals surface area contributed by atoms with E-state index in [4.69, 9.17) is 11.6 Å². The molecule has 2 rings (SSSR count). The smallest absolute Gasteiger partial charge is 0.242 e. The predicted octanol–water partition coefficient (Wildman–Crippen LogP) is 2.08. The number of carbonyl (C=O) groups is 1. The minimum absolute atomic E-state index is 0.121. The minimum atomic E-state index is -0.483. The van der Waals surface area contributed by atoms with Crippen molar-refractivity contribution in [3.05, 3.63) is 29.0 Å². The zero-order chi connectivity index (χ0) is 11.5. The van der Waals surface area contributed by atoms with Crippen LogP contribution in [-0.4, -0.2) is 23.6 Å². The molecular weight excluding hydrogens is 251 g/mol. The van der Waals surface area contributed by atoms with Crippen LogP contribution in [0.2, 0.25) is 5.02 Å². The van der Waals surface area contributed by atoms with Gasteiger partial charge in [0.15, 0.2) is 0 Å². The van der Waals surface area contributed by atoms with Crippen molar-refractivity contribution in [2.24, 2.45) is 0 Å². The molecular formula is C10H10ClFN2OS. The Labute approximate surface area is 102 Å². The lowest BCUT2D eigenvalue weighted by molar-refractivity contribution is -0.117. The molecule has 0 aliphatic carbocycles. The molecule has 0 radical (unpaired) electrons. The van der Waals surface area contributed by atoms with E-state index < -0.39 is 5.82 Å². The van der Waals surface area contributed by atoms with Crippen molar-refractivity contribution in [1.29, 1.82) is 0 Å². The highest BCUT2D eigenvalue weighted by molar-refractivity contribution is 7.99. The Balaban J connectivity index is 2.07. The average molecular weight is 261 g/mol. The van der Waals surface area contributed by atoms with Gasteiger partial charge in [-0.2, -0.15) is 0 Å². The zero-order valence-electron chi connectivity index (χ0n) is 8.30. The maximum absolute atomic E-state index is 13.3. The van der Waals surface area contributed by atoms with Crippen LogP contribution < -0.4 is 10.6 Å². The van der Waals surface area contributed by atoms with Crippen molar-refractivity contribution in [3.8, 4) is 0 Å². The van der Waals surface area contributed by atoms with Crippen molar-refractivity contribution in [2.45, 2.75) is 6.04 Å². The molecule has 1 aliphatic rings. The van der Waals surface area contributed by atoms with Crippen molar-refractivity contribution in [3.63, 3.8) is 0 Å². The van der Waals surface area contributed by atoms with Crippen LogP contribution in [0.3, 0.4) is 0 Å². The lowest BCUT2D eigenvalue weighted by Gasteiger charge is -2.11. The summed E-state index contributed by atoms with van der Waals surface area (Å²) in [7, 11) is 0. The Bertz CT molecular complexity index is 410. The molecule has 1 aromatic rings. The van der Waals surface area contributed by atoms with E-state index in [-0.39, 0.29) is 17.6 Å². The van der Waals surface area contributed by atoms with Gasteiger partial charge >= 0.3 is 0 Å². The Morgan fingerprint density at radius 3 is 3.12 bits per heavy atom. The molecule has 0 aromatic heterocycles. The third-order valence-corrected chi connectivity index (χ3v) is 3.39. The highest BCUT2D eigenvalue weighted by atomic mass is 35.5. The summed E-state index contributed by atoms with van der Waals surface area (Å²) in [6.45, 7) is 0. The molecule has 6 heteroatoms. The van der Waals surface area contributed by atoms with Crippen LogP contribution in [0, 0.1) is 5.82 Å². The summed E-state index contributed by atoms with van der Waals surface area (Å²) in [5, 5.41) is 5.92. The normalized spacial score (nSPS) is 19.8. The minimum Gasteiger partial charge on any atom is -0.322 e. The molecule has 1 aromatic carbocycles. The predicted molar refractivity (Wildman–Crippen MR) is 64.3 cm³/mol. The lowest BCUT2D eigenvalue weighted by Crippen LogP contribution is -2.37. The van der Waals surface area contributed by atoms with E-state index in [1.807, 2.05) is 0 Å². The standard InChI is InChI=1S/C10H10ClFN2OS/c11-6-1-2-7(12)8(3-6)14-10(15)9-4-16-5-13-9/h1-3,9,13H,4-5H2,(H,14,15). The van der Waals surface area contributed by atoms with E-state index in [0.29, 0.717) is 10.8 Å². The first-order chi connectivity index (χ1) is 7.66. The summed E-state index contributed by atoms with van der Waals surface area (Å²) in [6, 6.07) is 3.81. The summed E-state index contributed by atoms with van der Waals surface area (Å²) < 4.78 is 13.3. The topological polar surface area (TPSA) is 41.1 Å². The van der Waals surface area contributed by atoms with Gasteiger partial charge in [0.2, 0.25) is 5.91 Å². The molecule has 1 unspecified atom stereocenters. The number of hydrogen-bond donors (Lipinski definition) is 2. The Morgan fingerprint density at radius 1 is 1.62 bits per heavy atom. The highest BCUT2D eigenvalue weighted by Crippen LogP contribution is 2.20. The summed E-state index contributed by atoms with van der Waals surface area (Å²) in [6.07, 6.45) is 0. The number of rotatable bonds is 2. The molecule has 0 bridgehead atoms. The van der Waals surface area contributed by atoms with Gasteiger partial charge in [0.05, 0.1) is 11.7 Å². The molecule has 86 valence electrons. The fourth-order valence-corrected chi connectivity index (χ4v) is 2.49. The van der Waals surface area contributed by atoms with Crippen LogP contribution in [-0.2, 0) is 4.79 Å². The first-order valence-corrected chi connectivity index (χ1v) is 6.27. The van der Waals surface area contributed by atoms with Crippen molar-refractivity contribution in [1.82, 2.24) is 5.32 Å². The number of thioether (sulfide) groups is 1. The molecule has 1 amide bonds. The van der Waals surface area contributed by atoms with Crippen LogP contribution in [0.15, 0.2) is 18.2 Å². The summed E-state index contributed by atoms with van der Waals surface area (Å²) in [5.41, 5.74) is 0.121. The number of anilines is 1. The molecule has 3 nitrogen and oxygen atoms in total. The van der Waals surface area contributed by atoms with Crippen molar-refractivity contribution < 1.29 is 9.18 Å². The number of halogens is 2. The van der Waals surface area contributed by atoms with Crippen LogP contribution in [0.4, 0.5) is 10.1 Å². The number of benzene rings is 1. The second kappa shape index (κ2) is 5.03. The van der Waals surface area contributed by atoms with Crippen molar-refractivity contribution >= 4 is 35.0 Å². The Kier molecular flexibility index (Phi) is 3.68. The highest BCUT2D eigenvalue weighted by Gasteiger charge is 2.23. The number of amides is 1. The van der Waals surface area contributed by atoms with E-state index in [1.165, 1.54) is 18.2 Å². The maximum atomic E-state index is 13.3. The number of carbonyl (C=O) groups excluding carboxylic acids is 1. The van der Waals surface area contributed by atoms with E-state index >= 15 is 0 Å². The van der Waals surface area contributed by atoms with E-state index in [0.717, 1.165) is 5.88 Å². The summed E-state index contributed by atoms with van der Waals surface area (Å²) >= 11 is 7.36. The van der Waals surface area contributed by atoms with Gasteiger partial charge in [-0.1, -0.05) is 11.6 Å². The SMILES string of the molecule is O=C(Nc1cc(Cl)ccc1F)C1CSCN1. The molecule has 1 fully saturated rings. The van der Waals surface area contributed by atoms with Crippen LogP contribution in [0.5, 0.6) is 0 Å². The molecule has 1 atom stereocenters. The van der Waals surface area contributed by atoms with Crippen LogP contribution >= 0.6 is 23.4 Å². The monoisotopic (exact) mass is 260 g/mol. The first-order valence-electron chi connectivity index (χ1n) is 4.74. The molecule has 1 saturated heterocycles. The Morgan fingerprint density at radius 2 is 2.44 bits per heavy atom. The van der Waals surface area contributed by atoms with Gasteiger partial charge in [-0.15, -0.1) is 11.8 Å². The average Bonchev–Trinajstić information content (AvgIpc) is 2.76. The van der Waals surface area contributed by atoms with E-state index in [2.05, 4.69) is 10.6 Å². The fourth-order valence-electron chi connectivity index (χ4n) is 1.38.